The molecule has 0 spiro atoms. The van der Waals surface area contributed by atoms with Crippen molar-refractivity contribution in [1.82, 2.24) is 5.32 Å². The second-order valence-corrected chi connectivity index (χ2v) is 8.85. The van der Waals surface area contributed by atoms with Gasteiger partial charge in [0.05, 0.1) is 28.4 Å². The van der Waals surface area contributed by atoms with Crippen LogP contribution in [0.15, 0.2) is 18.2 Å². The van der Waals surface area contributed by atoms with Gasteiger partial charge < -0.3 is 15.5 Å². The van der Waals surface area contributed by atoms with Gasteiger partial charge in [0, 0.05) is 19.1 Å². The van der Waals surface area contributed by atoms with Crippen molar-refractivity contribution < 1.29 is 26.4 Å². The minimum atomic E-state index is -4.52. The predicted octanol–water partition coefficient (Wildman–Crippen LogP) is 2.61. The van der Waals surface area contributed by atoms with Gasteiger partial charge in [-0.25, -0.2) is 13.2 Å². The fourth-order valence-corrected chi connectivity index (χ4v) is 4.97. The number of hydrogen-bond donors (Lipinski definition) is 2. The third-order valence-corrected chi connectivity index (χ3v) is 6.35. The van der Waals surface area contributed by atoms with Crippen LogP contribution in [-0.2, 0) is 16.0 Å². The predicted molar refractivity (Wildman–Crippen MR) is 92.1 cm³/mol. The molecule has 1 unspecified atom stereocenters. The van der Waals surface area contributed by atoms with Crippen LogP contribution in [0, 0.1) is 0 Å². The molecule has 0 saturated carbocycles. The minimum absolute atomic E-state index is 0.000529. The number of hydrogen-bond acceptors (Lipinski definition) is 4. The van der Waals surface area contributed by atoms with E-state index < -0.39 is 33.6 Å². The van der Waals surface area contributed by atoms with Crippen molar-refractivity contribution in [1.29, 1.82) is 0 Å². The molecule has 0 bridgehead atoms. The number of halogens is 3. The Kier molecular flexibility index (Phi) is 5.05. The molecular weight excluding hydrogens is 371 g/mol. The van der Waals surface area contributed by atoms with Crippen molar-refractivity contribution in [2.24, 2.45) is 0 Å². The van der Waals surface area contributed by atoms with E-state index in [1.807, 2.05) is 4.90 Å². The average molecular weight is 391 g/mol. The first-order chi connectivity index (χ1) is 12.1. The third-order valence-electron chi connectivity index (χ3n) is 4.59. The fraction of sp³-hybridized carbons (Fsp3) is 0.562. The van der Waals surface area contributed by atoms with Gasteiger partial charge in [0.25, 0.3) is 0 Å². The second-order valence-electron chi connectivity index (χ2n) is 6.62. The number of amides is 2. The Labute approximate surface area is 149 Å². The maximum Gasteiger partial charge on any atom is 0.416 e. The van der Waals surface area contributed by atoms with Gasteiger partial charge in [-0.2, -0.15) is 13.2 Å². The molecule has 0 radical (unpaired) electrons. The van der Waals surface area contributed by atoms with E-state index >= 15 is 0 Å². The van der Waals surface area contributed by atoms with E-state index in [1.54, 1.807) is 0 Å². The molecule has 2 aliphatic rings. The maximum absolute atomic E-state index is 13.0. The molecule has 0 aliphatic carbocycles. The smallest absolute Gasteiger partial charge is 0.370 e. The molecule has 2 aliphatic heterocycles. The summed E-state index contributed by atoms with van der Waals surface area (Å²) in [6.07, 6.45) is -2.34. The number of carbonyl (C=O) groups excluding carboxylic acids is 1. The molecule has 2 heterocycles. The summed E-state index contributed by atoms with van der Waals surface area (Å²) < 4.78 is 62.0. The van der Waals surface area contributed by atoms with Gasteiger partial charge in [0.1, 0.15) is 0 Å². The van der Waals surface area contributed by atoms with Crippen LogP contribution in [0.4, 0.5) is 29.3 Å². The van der Waals surface area contributed by atoms with Crippen LogP contribution in [0.1, 0.15) is 24.8 Å². The number of sulfone groups is 1. The van der Waals surface area contributed by atoms with Crippen molar-refractivity contribution in [2.75, 3.05) is 34.8 Å². The number of carbonyl (C=O) groups is 1. The van der Waals surface area contributed by atoms with Crippen molar-refractivity contribution in [3.63, 3.8) is 0 Å². The minimum Gasteiger partial charge on any atom is -0.370 e. The zero-order valence-electron chi connectivity index (χ0n) is 14.0. The summed E-state index contributed by atoms with van der Waals surface area (Å²) in [4.78, 5) is 14.1. The Morgan fingerprint density at radius 3 is 2.46 bits per heavy atom. The maximum atomic E-state index is 13.0. The fourth-order valence-electron chi connectivity index (χ4n) is 3.30. The number of benzene rings is 1. The number of anilines is 2. The van der Waals surface area contributed by atoms with Crippen molar-refractivity contribution in [2.45, 2.75) is 31.5 Å². The number of nitrogens with zero attached hydrogens (tertiary/aromatic N) is 1. The van der Waals surface area contributed by atoms with E-state index in [9.17, 15) is 26.4 Å². The number of nitrogens with one attached hydrogen (secondary N) is 2. The van der Waals surface area contributed by atoms with E-state index in [-0.39, 0.29) is 17.2 Å². The summed E-state index contributed by atoms with van der Waals surface area (Å²) in [6, 6.07) is 2.05. The van der Waals surface area contributed by atoms with Crippen molar-refractivity contribution in [3.05, 3.63) is 23.8 Å². The molecule has 1 aromatic rings. The summed E-state index contributed by atoms with van der Waals surface area (Å²) in [5, 5.41) is 5.00. The SMILES string of the molecule is O=C(Nc1cc(C(F)(F)F)ccc1N1CCCC1)NC1CCS(=O)(=O)C1. The highest BCUT2D eigenvalue weighted by molar-refractivity contribution is 7.91. The van der Waals surface area contributed by atoms with Crippen LogP contribution in [0.25, 0.3) is 0 Å². The molecule has 2 N–H and O–H groups in total. The zero-order chi connectivity index (χ0) is 18.9. The molecule has 10 heteroatoms. The molecule has 144 valence electrons. The monoisotopic (exact) mass is 391 g/mol. The Morgan fingerprint density at radius 2 is 1.88 bits per heavy atom. The van der Waals surface area contributed by atoms with E-state index in [4.69, 9.17) is 0 Å². The quantitative estimate of drug-likeness (QED) is 0.830. The molecular formula is C16H20F3N3O3S. The van der Waals surface area contributed by atoms with Crippen LogP contribution in [-0.4, -0.2) is 45.1 Å². The molecule has 0 aromatic heterocycles. The van der Waals surface area contributed by atoms with Crippen LogP contribution in [0.3, 0.4) is 0 Å². The second kappa shape index (κ2) is 6.98. The largest absolute Gasteiger partial charge is 0.416 e. The first-order valence-electron chi connectivity index (χ1n) is 8.38. The van der Waals surface area contributed by atoms with Gasteiger partial charge in [0.2, 0.25) is 0 Å². The number of alkyl halides is 3. The van der Waals surface area contributed by atoms with Crippen LogP contribution < -0.4 is 15.5 Å². The summed E-state index contributed by atoms with van der Waals surface area (Å²) in [6.45, 7) is 1.42. The molecule has 1 aromatic carbocycles. The molecule has 2 amide bonds. The molecule has 26 heavy (non-hydrogen) atoms. The van der Waals surface area contributed by atoms with Crippen molar-refractivity contribution in [3.8, 4) is 0 Å². The van der Waals surface area contributed by atoms with Crippen molar-refractivity contribution >= 4 is 27.2 Å². The lowest BCUT2D eigenvalue weighted by molar-refractivity contribution is -0.137. The first-order valence-corrected chi connectivity index (χ1v) is 10.2. The van der Waals surface area contributed by atoms with Gasteiger partial charge in [-0.15, -0.1) is 0 Å². The molecule has 2 saturated heterocycles. The van der Waals surface area contributed by atoms with E-state index in [1.165, 1.54) is 6.07 Å². The van der Waals surface area contributed by atoms with Gasteiger partial charge in [-0.1, -0.05) is 0 Å². The van der Waals surface area contributed by atoms with Crippen LogP contribution >= 0.6 is 0 Å². The highest BCUT2D eigenvalue weighted by Crippen LogP contribution is 2.36. The lowest BCUT2D eigenvalue weighted by atomic mass is 10.1. The number of rotatable bonds is 3. The van der Waals surface area contributed by atoms with Crippen LogP contribution in [0.2, 0.25) is 0 Å². The summed E-state index contributed by atoms with van der Waals surface area (Å²) in [5.41, 5.74) is -0.246. The third kappa shape index (κ3) is 4.40. The van der Waals surface area contributed by atoms with Gasteiger partial charge in [-0.05, 0) is 37.5 Å². The normalized spacial score (nSPS) is 22.4. The molecule has 3 rings (SSSR count). The highest BCUT2D eigenvalue weighted by Gasteiger charge is 2.32. The molecule has 1 atom stereocenters. The standard InChI is InChI=1S/C16H20F3N3O3S/c17-16(18,19)11-3-4-14(22-6-1-2-7-22)13(9-11)21-15(23)20-12-5-8-26(24,25)10-12/h3-4,9,12H,1-2,5-8,10H2,(H2,20,21,23). The van der Waals surface area contributed by atoms with Gasteiger partial charge >= 0.3 is 12.2 Å². The average Bonchev–Trinajstić information content (AvgIpc) is 3.16. The van der Waals surface area contributed by atoms with E-state index in [2.05, 4.69) is 10.6 Å². The number of urea groups is 1. The Morgan fingerprint density at radius 1 is 1.19 bits per heavy atom. The summed E-state index contributed by atoms with van der Waals surface area (Å²) in [7, 11) is -3.16. The Balaban J connectivity index is 1.78. The first kappa shape index (κ1) is 18.8. The summed E-state index contributed by atoms with van der Waals surface area (Å²) in [5.74, 6) is -0.150. The lowest BCUT2D eigenvalue weighted by Crippen LogP contribution is -2.39. The molecule has 2 fully saturated rings. The Hall–Kier alpha value is -1.97. The van der Waals surface area contributed by atoms with E-state index in [0.29, 0.717) is 25.2 Å². The van der Waals surface area contributed by atoms with Gasteiger partial charge in [-0.3, -0.25) is 0 Å². The lowest BCUT2D eigenvalue weighted by Gasteiger charge is -2.23. The van der Waals surface area contributed by atoms with Gasteiger partial charge in [0.15, 0.2) is 9.84 Å². The topological polar surface area (TPSA) is 78.5 Å². The van der Waals surface area contributed by atoms with Crippen LogP contribution in [0.5, 0.6) is 0 Å². The summed E-state index contributed by atoms with van der Waals surface area (Å²) >= 11 is 0. The molecule has 6 nitrogen and oxygen atoms in total. The Bertz CT molecular complexity index is 790. The highest BCUT2D eigenvalue weighted by atomic mass is 32.2. The van der Waals surface area contributed by atoms with E-state index in [0.717, 1.165) is 25.0 Å². The zero-order valence-corrected chi connectivity index (χ0v) is 14.8.